The van der Waals surface area contributed by atoms with E-state index < -0.39 is 47.9 Å². The molecule has 0 aliphatic carbocycles. The number of carboxylic acids is 1. The predicted molar refractivity (Wildman–Crippen MR) is 153 cm³/mol. The first kappa shape index (κ1) is 30.0. The third-order valence-electron chi connectivity index (χ3n) is 6.96. The lowest BCUT2D eigenvalue weighted by molar-refractivity contribution is -0.142. The van der Waals surface area contributed by atoms with Crippen molar-refractivity contribution < 1.29 is 24.3 Å². The molecule has 14 nitrogen and oxygen atoms in total. The molecule has 0 aliphatic rings. The third-order valence-corrected chi connectivity index (χ3v) is 6.96. The van der Waals surface area contributed by atoms with E-state index in [0.29, 0.717) is 11.4 Å². The zero-order valence-electron chi connectivity index (χ0n) is 23.3. The zero-order chi connectivity index (χ0) is 30.2. The number of aromatic amines is 3. The smallest absolute Gasteiger partial charge is 0.326 e. The van der Waals surface area contributed by atoms with Crippen LogP contribution in [-0.4, -0.2) is 77.9 Å². The molecule has 222 valence electrons. The fraction of sp³-hybridized carbons (Fsp3) is 0.357. The number of para-hydroxylation sites is 1. The molecular formula is C28H35N9O5. The number of hydrogen-bond acceptors (Lipinski definition) is 7. The number of rotatable bonds is 14. The zero-order valence-corrected chi connectivity index (χ0v) is 23.3. The van der Waals surface area contributed by atoms with E-state index in [4.69, 9.17) is 5.73 Å². The summed E-state index contributed by atoms with van der Waals surface area (Å²) >= 11 is 0. The topological polar surface area (TPSA) is 224 Å². The van der Waals surface area contributed by atoms with Gasteiger partial charge in [-0.05, 0) is 17.5 Å². The van der Waals surface area contributed by atoms with Gasteiger partial charge in [-0.25, -0.2) is 14.8 Å². The van der Waals surface area contributed by atoms with Crippen LogP contribution in [0.4, 0.5) is 0 Å². The van der Waals surface area contributed by atoms with Gasteiger partial charge in [0.05, 0.1) is 18.7 Å². The standard InChI is InChI=1S/C28H35N9O5/c1-15(2)24(29)27(40)36-22(8-17-11-30-13-33-17)26(39)35-21(7-16-10-32-20-6-4-3-5-19(16)20)25(38)37-23(28(41)42)9-18-12-31-14-34-18/h3-6,10-15,21-24,32H,7-9,29H2,1-2H3,(H,30,33)(H,31,34)(H,35,39)(H,36,40)(H,37,38)(H,41,42). The summed E-state index contributed by atoms with van der Waals surface area (Å²) in [5.41, 5.74) is 8.70. The second-order valence-electron chi connectivity index (χ2n) is 10.4. The fourth-order valence-electron chi connectivity index (χ4n) is 4.49. The molecule has 0 saturated carbocycles. The van der Waals surface area contributed by atoms with E-state index in [2.05, 4.69) is 40.9 Å². The number of amides is 3. The molecule has 0 bridgehead atoms. The molecule has 14 heteroatoms. The number of H-pyrrole nitrogens is 3. The average molecular weight is 578 g/mol. The molecule has 0 fully saturated rings. The van der Waals surface area contributed by atoms with Crippen LogP contribution in [-0.2, 0) is 38.4 Å². The largest absolute Gasteiger partial charge is 0.480 e. The van der Waals surface area contributed by atoms with Gasteiger partial charge >= 0.3 is 5.97 Å². The highest BCUT2D eigenvalue weighted by Gasteiger charge is 2.32. The van der Waals surface area contributed by atoms with Crippen LogP contribution < -0.4 is 21.7 Å². The van der Waals surface area contributed by atoms with Crippen LogP contribution in [0, 0.1) is 5.92 Å². The van der Waals surface area contributed by atoms with Crippen molar-refractivity contribution in [2.45, 2.75) is 57.3 Å². The maximum absolute atomic E-state index is 13.7. The summed E-state index contributed by atoms with van der Waals surface area (Å²) in [6.07, 6.45) is 7.66. The van der Waals surface area contributed by atoms with Gasteiger partial charge in [0, 0.05) is 60.1 Å². The third kappa shape index (κ3) is 7.60. The summed E-state index contributed by atoms with van der Waals surface area (Å²) < 4.78 is 0. The van der Waals surface area contributed by atoms with Crippen molar-refractivity contribution in [1.82, 2.24) is 40.9 Å². The highest BCUT2D eigenvalue weighted by atomic mass is 16.4. The van der Waals surface area contributed by atoms with E-state index in [1.807, 2.05) is 24.3 Å². The Balaban J connectivity index is 1.59. The van der Waals surface area contributed by atoms with Crippen LogP contribution in [0.5, 0.6) is 0 Å². The molecule has 3 aromatic heterocycles. The van der Waals surface area contributed by atoms with Crippen LogP contribution in [0.1, 0.15) is 30.8 Å². The van der Waals surface area contributed by atoms with Gasteiger partial charge in [0.25, 0.3) is 0 Å². The van der Waals surface area contributed by atoms with Crippen molar-refractivity contribution in [3.63, 3.8) is 0 Å². The molecule has 0 spiro atoms. The predicted octanol–water partition coefficient (Wildman–Crippen LogP) is 0.164. The van der Waals surface area contributed by atoms with Gasteiger partial charge in [0.1, 0.15) is 18.1 Å². The minimum Gasteiger partial charge on any atom is -0.480 e. The number of aromatic nitrogens is 5. The van der Waals surface area contributed by atoms with Gasteiger partial charge < -0.3 is 41.7 Å². The number of carbonyl (C=O) groups is 4. The van der Waals surface area contributed by atoms with Gasteiger partial charge in [-0.1, -0.05) is 32.0 Å². The van der Waals surface area contributed by atoms with Gasteiger partial charge in [0.15, 0.2) is 0 Å². The van der Waals surface area contributed by atoms with Crippen LogP contribution in [0.25, 0.3) is 10.9 Å². The summed E-state index contributed by atoms with van der Waals surface area (Å²) in [6.45, 7) is 3.58. The Morgan fingerprint density at radius 1 is 0.810 bits per heavy atom. The molecule has 0 saturated heterocycles. The van der Waals surface area contributed by atoms with E-state index in [1.165, 1.54) is 25.0 Å². The lowest BCUT2D eigenvalue weighted by Crippen LogP contribution is -2.58. The number of nitrogens with one attached hydrogen (secondary N) is 6. The lowest BCUT2D eigenvalue weighted by Gasteiger charge is -2.25. The van der Waals surface area contributed by atoms with E-state index in [9.17, 15) is 24.3 Å². The number of nitrogens with zero attached hydrogens (tertiary/aromatic N) is 2. The first-order valence-electron chi connectivity index (χ1n) is 13.5. The van der Waals surface area contributed by atoms with Crippen LogP contribution in [0.2, 0.25) is 0 Å². The number of nitrogens with two attached hydrogens (primary N) is 1. The Hall–Kier alpha value is -4.98. The van der Waals surface area contributed by atoms with Crippen molar-refractivity contribution in [3.05, 3.63) is 72.5 Å². The van der Waals surface area contributed by atoms with Gasteiger partial charge in [0.2, 0.25) is 17.7 Å². The SMILES string of the molecule is CC(C)C(N)C(=O)NC(Cc1cnc[nH]1)C(=O)NC(Cc1c[nH]c2ccccc12)C(=O)NC(Cc1cnc[nH]1)C(=O)O. The van der Waals surface area contributed by atoms with E-state index >= 15 is 0 Å². The quantitative estimate of drug-likeness (QED) is 0.103. The van der Waals surface area contributed by atoms with E-state index in [1.54, 1.807) is 20.0 Å². The number of carboxylic acid groups (broad SMARTS) is 1. The number of hydrogen-bond donors (Lipinski definition) is 8. The van der Waals surface area contributed by atoms with Crippen LogP contribution in [0.15, 0.2) is 55.5 Å². The summed E-state index contributed by atoms with van der Waals surface area (Å²) in [5, 5.41) is 18.6. The molecule has 0 radical (unpaired) electrons. The Kier molecular flexibility index (Phi) is 9.70. The highest BCUT2D eigenvalue weighted by molar-refractivity contribution is 5.95. The number of fused-ring (bicyclic) bond motifs is 1. The number of benzene rings is 1. The Morgan fingerprint density at radius 2 is 1.36 bits per heavy atom. The summed E-state index contributed by atoms with van der Waals surface area (Å²) in [7, 11) is 0. The number of carbonyl (C=O) groups excluding carboxylic acids is 3. The number of imidazole rings is 2. The summed E-state index contributed by atoms with van der Waals surface area (Å²) in [5.74, 6) is -3.29. The Morgan fingerprint density at radius 3 is 1.93 bits per heavy atom. The van der Waals surface area contributed by atoms with Crippen molar-refractivity contribution in [3.8, 4) is 0 Å². The monoisotopic (exact) mass is 577 g/mol. The number of aliphatic carboxylic acids is 1. The summed E-state index contributed by atoms with van der Waals surface area (Å²) in [6, 6.07) is 3.06. The normalized spacial score (nSPS) is 14.2. The molecule has 0 aliphatic heterocycles. The molecule has 3 amide bonds. The van der Waals surface area contributed by atoms with Crippen LogP contribution in [0.3, 0.4) is 0 Å². The molecule has 3 heterocycles. The van der Waals surface area contributed by atoms with Gasteiger partial charge in [-0.3, -0.25) is 14.4 Å². The van der Waals surface area contributed by atoms with Crippen molar-refractivity contribution in [1.29, 1.82) is 0 Å². The molecule has 1 aromatic carbocycles. The second-order valence-corrected chi connectivity index (χ2v) is 10.4. The highest BCUT2D eigenvalue weighted by Crippen LogP contribution is 2.19. The Labute approximate surface area is 241 Å². The van der Waals surface area contributed by atoms with E-state index in [-0.39, 0.29) is 25.2 Å². The summed E-state index contributed by atoms with van der Waals surface area (Å²) in [4.78, 5) is 68.8. The van der Waals surface area contributed by atoms with E-state index in [0.717, 1.165) is 16.5 Å². The van der Waals surface area contributed by atoms with Crippen molar-refractivity contribution in [2.24, 2.45) is 11.7 Å². The first-order chi connectivity index (χ1) is 20.1. The second kappa shape index (κ2) is 13.6. The Bertz CT molecular complexity index is 1500. The molecule has 4 aromatic rings. The molecule has 4 unspecified atom stereocenters. The van der Waals surface area contributed by atoms with Gasteiger partial charge in [-0.15, -0.1) is 0 Å². The molecular weight excluding hydrogens is 542 g/mol. The molecule has 4 atom stereocenters. The minimum absolute atomic E-state index is 0.0412. The molecule has 4 rings (SSSR count). The van der Waals surface area contributed by atoms with Gasteiger partial charge in [-0.2, -0.15) is 0 Å². The maximum Gasteiger partial charge on any atom is 0.326 e. The average Bonchev–Trinajstić information content (AvgIpc) is 3.74. The van der Waals surface area contributed by atoms with Crippen LogP contribution >= 0.6 is 0 Å². The minimum atomic E-state index is -1.29. The lowest BCUT2D eigenvalue weighted by atomic mass is 10.0. The fourth-order valence-corrected chi connectivity index (χ4v) is 4.49. The maximum atomic E-state index is 13.7. The van der Waals surface area contributed by atoms with Crippen molar-refractivity contribution in [2.75, 3.05) is 0 Å². The first-order valence-corrected chi connectivity index (χ1v) is 13.5. The molecule has 42 heavy (non-hydrogen) atoms. The van der Waals surface area contributed by atoms with Crippen molar-refractivity contribution >= 4 is 34.6 Å². The molecule has 9 N–H and O–H groups in total.